The third kappa shape index (κ3) is 5.46. The Labute approximate surface area is 223 Å². The summed E-state index contributed by atoms with van der Waals surface area (Å²) in [7, 11) is 0. The number of benzene rings is 2. The van der Waals surface area contributed by atoms with Crippen LogP contribution in [0.3, 0.4) is 0 Å². The van der Waals surface area contributed by atoms with Crippen LogP contribution in [-0.4, -0.2) is 45.3 Å². The lowest BCUT2D eigenvalue weighted by Crippen LogP contribution is -2.32. The molecule has 0 unspecified atom stereocenters. The number of esters is 2. The van der Waals surface area contributed by atoms with E-state index in [4.69, 9.17) is 37.4 Å². The molecule has 37 heavy (non-hydrogen) atoms. The van der Waals surface area contributed by atoms with Crippen molar-refractivity contribution in [2.75, 3.05) is 6.61 Å². The molecule has 0 bridgehead atoms. The predicted molar refractivity (Wildman–Crippen MR) is 138 cm³/mol. The van der Waals surface area contributed by atoms with Crippen molar-refractivity contribution < 1.29 is 23.8 Å². The van der Waals surface area contributed by atoms with Crippen molar-refractivity contribution in [2.45, 2.75) is 38.7 Å². The largest absolute Gasteiger partial charge is 0.459 e. The molecule has 1 aliphatic rings. The molecule has 10 heteroatoms. The highest BCUT2D eigenvalue weighted by atomic mass is 35.5. The van der Waals surface area contributed by atoms with Gasteiger partial charge in [0.05, 0.1) is 16.6 Å². The van der Waals surface area contributed by atoms with Crippen LogP contribution in [0.2, 0.25) is 10.4 Å². The van der Waals surface area contributed by atoms with Gasteiger partial charge < -0.3 is 18.8 Å². The maximum Gasteiger partial charge on any atom is 0.338 e. The molecule has 3 heterocycles. The minimum Gasteiger partial charge on any atom is -0.459 e. The molecule has 0 N–H and O–H groups in total. The Morgan fingerprint density at radius 2 is 1.57 bits per heavy atom. The maximum absolute atomic E-state index is 12.9. The van der Waals surface area contributed by atoms with E-state index in [1.807, 2.05) is 38.1 Å². The molecule has 2 aromatic carbocycles. The molecule has 1 aliphatic heterocycles. The number of nitrogens with zero attached hydrogens (tertiary/aromatic N) is 3. The number of fused-ring (bicyclic) bond motifs is 1. The van der Waals surface area contributed by atoms with E-state index in [9.17, 15) is 9.59 Å². The molecule has 4 aromatic rings. The van der Waals surface area contributed by atoms with Crippen molar-refractivity contribution in [3.8, 4) is 0 Å². The summed E-state index contributed by atoms with van der Waals surface area (Å²) in [4.78, 5) is 33.7. The summed E-state index contributed by atoms with van der Waals surface area (Å²) >= 11 is 12.3. The molecule has 190 valence electrons. The first-order valence-electron chi connectivity index (χ1n) is 11.6. The molecule has 5 rings (SSSR count). The topological polar surface area (TPSA) is 92.5 Å². The van der Waals surface area contributed by atoms with Gasteiger partial charge in [0.1, 0.15) is 30.6 Å². The fourth-order valence-electron chi connectivity index (χ4n) is 4.21. The van der Waals surface area contributed by atoms with Crippen molar-refractivity contribution in [1.82, 2.24) is 14.5 Å². The van der Waals surface area contributed by atoms with Gasteiger partial charge in [0.25, 0.3) is 0 Å². The van der Waals surface area contributed by atoms with E-state index in [1.165, 1.54) is 0 Å². The number of ether oxygens (including phenoxy) is 3. The third-order valence-electron chi connectivity index (χ3n) is 6.19. The summed E-state index contributed by atoms with van der Waals surface area (Å²) in [6.07, 6.45) is 0.0877. The van der Waals surface area contributed by atoms with Gasteiger partial charge in [-0.25, -0.2) is 19.6 Å². The average molecular weight is 540 g/mol. The van der Waals surface area contributed by atoms with Gasteiger partial charge in [-0.3, -0.25) is 0 Å². The number of hydrogen-bond donors (Lipinski definition) is 0. The number of carbonyl (C=O) groups excluding carboxylic acids is 2. The van der Waals surface area contributed by atoms with Gasteiger partial charge in [-0.05, 0) is 55.8 Å². The zero-order valence-electron chi connectivity index (χ0n) is 20.1. The molecule has 0 amide bonds. The second kappa shape index (κ2) is 10.5. The van der Waals surface area contributed by atoms with Crippen LogP contribution in [0.4, 0.5) is 0 Å². The second-order valence-corrected chi connectivity index (χ2v) is 9.58. The summed E-state index contributed by atoms with van der Waals surface area (Å²) in [6.45, 7) is 3.77. The van der Waals surface area contributed by atoms with Gasteiger partial charge >= 0.3 is 11.9 Å². The summed E-state index contributed by atoms with van der Waals surface area (Å²) in [6, 6.07) is 15.9. The van der Waals surface area contributed by atoms with Gasteiger partial charge in [-0.15, -0.1) is 0 Å². The molecule has 0 spiro atoms. The smallest absolute Gasteiger partial charge is 0.338 e. The first-order valence-corrected chi connectivity index (χ1v) is 12.4. The Bertz CT molecular complexity index is 1450. The zero-order valence-corrected chi connectivity index (χ0v) is 21.6. The number of aromatic nitrogens is 3. The monoisotopic (exact) mass is 539 g/mol. The quantitative estimate of drug-likeness (QED) is 0.175. The SMILES string of the molecule is Cc1ccc(C(=O)OC[C@H]2O[C@@H](n3ccc4nc(Cl)nc(Cl)c43)C[C@@H]2OC(=O)c2ccc(C)cc2)cc1. The van der Waals surface area contributed by atoms with Crippen LogP contribution in [0.5, 0.6) is 0 Å². The van der Waals surface area contributed by atoms with Crippen molar-refractivity contribution in [3.05, 3.63) is 93.5 Å². The lowest BCUT2D eigenvalue weighted by atomic mass is 10.1. The summed E-state index contributed by atoms with van der Waals surface area (Å²) in [5.74, 6) is -0.984. The highest BCUT2D eigenvalue weighted by molar-refractivity contribution is 6.35. The molecule has 1 saturated heterocycles. The lowest BCUT2D eigenvalue weighted by molar-refractivity contribution is -0.0561. The van der Waals surface area contributed by atoms with Crippen LogP contribution in [0.25, 0.3) is 11.0 Å². The predicted octanol–water partition coefficient (Wildman–Crippen LogP) is 5.73. The molecule has 0 radical (unpaired) electrons. The molecule has 3 atom stereocenters. The average Bonchev–Trinajstić information content (AvgIpc) is 3.47. The number of hydrogen-bond acceptors (Lipinski definition) is 7. The van der Waals surface area contributed by atoms with Gasteiger partial charge in [-0.1, -0.05) is 47.0 Å². The molecular weight excluding hydrogens is 517 g/mol. The Balaban J connectivity index is 1.37. The van der Waals surface area contributed by atoms with Gasteiger partial charge in [0, 0.05) is 12.6 Å². The molecule has 0 saturated carbocycles. The summed E-state index contributed by atoms with van der Waals surface area (Å²) in [5.41, 5.74) is 3.99. The van der Waals surface area contributed by atoms with Gasteiger partial charge in [0.2, 0.25) is 5.28 Å². The van der Waals surface area contributed by atoms with Gasteiger partial charge in [-0.2, -0.15) is 0 Å². The highest BCUT2D eigenvalue weighted by Crippen LogP contribution is 2.36. The zero-order chi connectivity index (χ0) is 26.1. The van der Waals surface area contributed by atoms with E-state index in [2.05, 4.69) is 9.97 Å². The Hall–Kier alpha value is -3.46. The Morgan fingerprint density at radius 1 is 0.946 bits per heavy atom. The first-order chi connectivity index (χ1) is 17.8. The maximum atomic E-state index is 12.9. The minimum absolute atomic E-state index is 0.0355. The number of aryl methyl sites for hydroxylation is 2. The van der Waals surface area contributed by atoms with Crippen LogP contribution in [-0.2, 0) is 14.2 Å². The van der Waals surface area contributed by atoms with Crippen molar-refractivity contribution in [2.24, 2.45) is 0 Å². The summed E-state index contributed by atoms with van der Waals surface area (Å²) in [5, 5.41) is 0.208. The molecule has 0 aliphatic carbocycles. The van der Waals surface area contributed by atoms with Crippen LogP contribution in [0.1, 0.15) is 44.5 Å². The van der Waals surface area contributed by atoms with Crippen molar-refractivity contribution >= 4 is 46.2 Å². The molecule has 2 aromatic heterocycles. The normalized spacial score (nSPS) is 19.2. The highest BCUT2D eigenvalue weighted by Gasteiger charge is 2.40. The summed E-state index contributed by atoms with van der Waals surface area (Å²) < 4.78 is 19.4. The lowest BCUT2D eigenvalue weighted by Gasteiger charge is -2.19. The van der Waals surface area contributed by atoms with E-state index in [-0.39, 0.29) is 17.0 Å². The first kappa shape index (κ1) is 25.2. The molecule has 8 nitrogen and oxygen atoms in total. The fraction of sp³-hybridized carbons (Fsp3) is 0.259. The van der Waals surface area contributed by atoms with Crippen molar-refractivity contribution in [1.29, 1.82) is 0 Å². The van der Waals surface area contributed by atoms with E-state index in [0.29, 0.717) is 28.6 Å². The van der Waals surface area contributed by atoms with Crippen LogP contribution in [0.15, 0.2) is 60.8 Å². The number of carbonyl (C=O) groups is 2. The van der Waals surface area contributed by atoms with Crippen molar-refractivity contribution in [3.63, 3.8) is 0 Å². The van der Waals surface area contributed by atoms with E-state index >= 15 is 0 Å². The van der Waals surface area contributed by atoms with Gasteiger partial charge in [0.15, 0.2) is 5.15 Å². The minimum atomic E-state index is -0.710. The Kier molecular flexibility index (Phi) is 7.15. The molecule has 1 fully saturated rings. The Morgan fingerprint density at radius 3 is 2.22 bits per heavy atom. The van der Waals surface area contributed by atoms with E-state index < -0.39 is 30.4 Å². The number of rotatable bonds is 6. The number of halogens is 2. The third-order valence-corrected chi connectivity index (χ3v) is 6.63. The van der Waals surface area contributed by atoms with E-state index in [0.717, 1.165) is 11.1 Å². The fourth-order valence-corrected chi connectivity index (χ4v) is 4.70. The second-order valence-electron chi connectivity index (χ2n) is 8.88. The molecular formula is C27H23Cl2N3O5. The van der Waals surface area contributed by atoms with Crippen LogP contribution in [0, 0.1) is 13.8 Å². The van der Waals surface area contributed by atoms with Crippen LogP contribution < -0.4 is 0 Å². The van der Waals surface area contributed by atoms with E-state index in [1.54, 1.807) is 41.1 Å². The standard InChI is InChI=1S/C27H23Cl2N3O5/c1-15-3-7-17(8-4-15)25(33)35-14-21-20(37-26(34)18-9-5-16(2)6-10-18)13-22(36-21)32-12-11-19-23(32)24(28)31-27(29)30-19/h3-12,20-22H,13-14H2,1-2H3/t20-,21+,22+/m0/s1. The van der Waals surface area contributed by atoms with Crippen LogP contribution >= 0.6 is 23.2 Å².